The van der Waals surface area contributed by atoms with E-state index in [9.17, 15) is 0 Å². The number of aryl methyl sites for hydroxylation is 2. The summed E-state index contributed by atoms with van der Waals surface area (Å²) in [6, 6.07) is 8.86. The molecule has 0 radical (unpaired) electrons. The Morgan fingerprint density at radius 2 is 2.11 bits per heavy atom. The maximum atomic E-state index is 2.43. The molecule has 1 fully saturated rings. The average molecular weight is 236 g/mol. The molecular formula is C15H17BN2. The fourth-order valence-electron chi connectivity index (χ4n) is 4.01. The molecular weight excluding hydrogens is 219 g/mol. The molecule has 3 atom stereocenters. The fourth-order valence-corrected chi connectivity index (χ4v) is 4.01. The van der Waals surface area contributed by atoms with Crippen LogP contribution in [0.15, 0.2) is 42.7 Å². The zero-order chi connectivity index (χ0) is 12.3. The number of fused-ring (bicyclic) bond motifs is 3. The molecule has 2 nitrogen and oxygen atoms in total. The molecule has 0 amide bonds. The van der Waals surface area contributed by atoms with Crippen molar-refractivity contribution in [1.29, 1.82) is 0 Å². The molecule has 1 aliphatic carbocycles. The van der Waals surface area contributed by atoms with Gasteiger partial charge in [-0.1, -0.05) is 35.9 Å². The van der Waals surface area contributed by atoms with Crippen molar-refractivity contribution < 1.29 is 4.57 Å². The average Bonchev–Trinajstić information content (AvgIpc) is 3.03. The lowest BCUT2D eigenvalue weighted by atomic mass is 9.63. The van der Waals surface area contributed by atoms with Gasteiger partial charge in [0.15, 0.2) is 0 Å². The van der Waals surface area contributed by atoms with Gasteiger partial charge in [-0.3, -0.25) is 9.13 Å². The lowest BCUT2D eigenvalue weighted by molar-refractivity contribution is -0.653. The van der Waals surface area contributed by atoms with E-state index < -0.39 is 0 Å². The number of hydrogen-bond acceptors (Lipinski definition) is 0. The Balaban J connectivity index is 1.81. The Kier molecular flexibility index (Phi) is 1.91. The van der Waals surface area contributed by atoms with Crippen molar-refractivity contribution >= 4 is 18.5 Å². The smallest absolute Gasteiger partial charge is 0.126 e. The molecule has 0 N–H and O–H groups in total. The number of aromatic nitrogens is 2. The second-order valence-corrected chi connectivity index (χ2v) is 5.84. The first-order valence-electron chi connectivity index (χ1n) is 6.77. The van der Waals surface area contributed by atoms with Crippen molar-refractivity contribution in [1.82, 2.24) is 4.57 Å². The van der Waals surface area contributed by atoms with Crippen LogP contribution in [0.5, 0.6) is 0 Å². The third-order valence-corrected chi connectivity index (χ3v) is 4.91. The molecule has 0 bridgehead atoms. The molecule has 90 valence electrons. The summed E-state index contributed by atoms with van der Waals surface area (Å²) in [4.78, 5) is 0. The topological polar surface area (TPSA) is 8.81 Å². The van der Waals surface area contributed by atoms with E-state index in [1.807, 2.05) is 0 Å². The number of imidazole rings is 1. The molecule has 3 heteroatoms. The molecule has 1 saturated heterocycles. The van der Waals surface area contributed by atoms with E-state index in [4.69, 9.17) is 0 Å². The minimum atomic E-state index is -0.265. The lowest BCUT2D eigenvalue weighted by Crippen LogP contribution is -2.51. The van der Waals surface area contributed by atoms with Crippen LogP contribution in [-0.4, -0.2) is 11.3 Å². The van der Waals surface area contributed by atoms with Gasteiger partial charge in [-0.05, 0) is 5.56 Å². The van der Waals surface area contributed by atoms with Crippen molar-refractivity contribution in [2.24, 2.45) is 14.1 Å². The first kappa shape index (κ1) is 10.2. The fraction of sp³-hybridized carbons (Fsp3) is 0.267. The van der Waals surface area contributed by atoms with E-state index in [-0.39, 0.29) is 6.71 Å². The molecule has 1 aromatic heterocycles. The predicted molar refractivity (Wildman–Crippen MR) is 75.3 cm³/mol. The third kappa shape index (κ3) is 1.22. The number of allylic oxidation sites excluding steroid dienone is 1. The van der Waals surface area contributed by atoms with Gasteiger partial charge in [0.05, 0.1) is 19.8 Å². The van der Waals surface area contributed by atoms with Gasteiger partial charge in [-0.25, -0.2) is 0 Å². The molecule has 1 aliphatic heterocycles. The minimum Gasteiger partial charge on any atom is -0.274 e. The molecule has 4 rings (SSSR count). The van der Waals surface area contributed by atoms with Gasteiger partial charge >= 0.3 is 0 Å². The van der Waals surface area contributed by atoms with E-state index in [1.165, 1.54) is 11.3 Å². The Morgan fingerprint density at radius 1 is 1.28 bits per heavy atom. The minimum absolute atomic E-state index is 0.265. The zero-order valence-corrected chi connectivity index (χ0v) is 10.9. The summed E-state index contributed by atoms with van der Waals surface area (Å²) in [6.45, 7) is -0.265. The van der Waals surface area contributed by atoms with Gasteiger partial charge in [0, 0.05) is 0 Å². The van der Waals surface area contributed by atoms with Crippen LogP contribution in [0.2, 0.25) is 5.82 Å². The van der Waals surface area contributed by atoms with Crippen molar-refractivity contribution in [3.63, 3.8) is 0 Å². The van der Waals surface area contributed by atoms with Crippen molar-refractivity contribution in [3.8, 4) is 0 Å². The van der Waals surface area contributed by atoms with Crippen molar-refractivity contribution in [2.45, 2.75) is 11.6 Å². The van der Waals surface area contributed by atoms with Crippen LogP contribution < -0.4 is 10.3 Å². The molecule has 1 aromatic carbocycles. The van der Waals surface area contributed by atoms with Crippen molar-refractivity contribution in [3.05, 3.63) is 53.9 Å². The first-order valence-corrected chi connectivity index (χ1v) is 6.77. The Labute approximate surface area is 108 Å². The summed E-state index contributed by atoms with van der Waals surface area (Å²) in [5, 5.41) is 0. The second-order valence-electron chi connectivity index (χ2n) is 5.84. The quantitative estimate of drug-likeness (QED) is 0.516. The van der Waals surface area contributed by atoms with Gasteiger partial charge in [0.2, 0.25) is 0 Å². The van der Waals surface area contributed by atoms with E-state index in [0.717, 1.165) is 11.6 Å². The molecule has 18 heavy (non-hydrogen) atoms. The second kappa shape index (κ2) is 3.38. The standard InChI is InChI=1S/C15H17BN2/c1-17-9-10-18(2)15(17)16-13-8-7-11-5-3-4-6-12(11)14(13)16/h3-10,13-14,16H,1-2H3/t13-,14+,16?/m1/s1. The van der Waals surface area contributed by atoms with Gasteiger partial charge in [0.1, 0.15) is 19.1 Å². The van der Waals surface area contributed by atoms with Crippen molar-refractivity contribution in [2.75, 3.05) is 0 Å². The van der Waals surface area contributed by atoms with Crippen LogP contribution in [0.4, 0.5) is 0 Å². The van der Waals surface area contributed by atoms with Gasteiger partial charge in [0.25, 0.3) is 0 Å². The normalized spacial score (nSPS) is 27.8. The van der Waals surface area contributed by atoms with Gasteiger partial charge < -0.3 is 0 Å². The van der Waals surface area contributed by atoms with Gasteiger partial charge in [-0.2, -0.15) is 11.6 Å². The first-order chi connectivity index (χ1) is 8.77. The van der Waals surface area contributed by atoms with E-state index in [1.54, 1.807) is 5.56 Å². The van der Waals surface area contributed by atoms with E-state index in [0.29, 0.717) is 0 Å². The summed E-state index contributed by atoms with van der Waals surface area (Å²) in [5.41, 5.74) is 4.50. The molecule has 1 unspecified atom stereocenters. The molecule has 0 spiro atoms. The summed E-state index contributed by atoms with van der Waals surface area (Å²) in [5.74, 6) is 1.55. The van der Waals surface area contributed by atoms with Crippen LogP contribution in [0.1, 0.15) is 16.9 Å². The summed E-state index contributed by atoms with van der Waals surface area (Å²) < 4.78 is 4.60. The summed E-state index contributed by atoms with van der Waals surface area (Å²) in [6.07, 6.45) is 9.08. The highest BCUT2D eigenvalue weighted by atomic mass is 15.1. The van der Waals surface area contributed by atoms with E-state index >= 15 is 0 Å². The van der Waals surface area contributed by atoms with Crippen LogP contribution >= 0.6 is 0 Å². The van der Waals surface area contributed by atoms with Crippen LogP contribution in [0.3, 0.4) is 0 Å². The molecule has 2 heterocycles. The number of hydrogen-bond donors (Lipinski definition) is 0. The van der Waals surface area contributed by atoms with Gasteiger partial charge in [-0.15, -0.1) is 6.08 Å². The van der Waals surface area contributed by atoms with E-state index in [2.05, 4.69) is 72.0 Å². The molecule has 0 saturated carbocycles. The maximum Gasteiger partial charge on any atom is 0.126 e. The molecule has 2 aliphatic rings. The molecule has 2 aromatic rings. The lowest BCUT2D eigenvalue weighted by Gasteiger charge is -2.13. The Bertz CT molecular complexity index is 637. The van der Waals surface area contributed by atoms with Crippen LogP contribution in [0.25, 0.3) is 6.08 Å². The highest BCUT2D eigenvalue weighted by Crippen LogP contribution is 2.55. The predicted octanol–water partition coefficient (Wildman–Crippen LogP) is 1.02. The number of benzene rings is 1. The summed E-state index contributed by atoms with van der Waals surface area (Å²) in [7, 11) is 4.34. The number of nitrogens with zero attached hydrogens (tertiary/aromatic N) is 2. The largest absolute Gasteiger partial charge is 0.274 e. The van der Waals surface area contributed by atoms with Crippen LogP contribution in [0, 0.1) is 0 Å². The van der Waals surface area contributed by atoms with Crippen LogP contribution in [-0.2, 0) is 14.1 Å². The Morgan fingerprint density at radius 3 is 2.89 bits per heavy atom. The highest BCUT2D eigenvalue weighted by molar-refractivity contribution is 6.85. The zero-order valence-electron chi connectivity index (χ0n) is 10.9. The Hall–Kier alpha value is -1.77. The third-order valence-electron chi connectivity index (χ3n) is 4.91. The number of rotatable bonds is 1. The summed E-state index contributed by atoms with van der Waals surface area (Å²) >= 11 is 0. The maximum absolute atomic E-state index is 2.43. The highest BCUT2D eigenvalue weighted by Gasteiger charge is 2.48. The monoisotopic (exact) mass is 236 g/mol. The SMILES string of the molecule is Cn1cc[n+](C)c1[BH-]1[C@@H]2C=Cc3ccccc3[C@H]12.